The lowest BCUT2D eigenvalue weighted by Crippen LogP contribution is -2.08. The molecule has 1 aromatic rings. The van der Waals surface area contributed by atoms with E-state index in [1.807, 2.05) is 0 Å². The lowest BCUT2D eigenvalue weighted by molar-refractivity contribution is -0.0514. The number of nitriles is 1. The topological polar surface area (TPSA) is 79.6 Å². The molecule has 0 aromatic heterocycles. The Hall–Kier alpha value is -2.36. The smallest absolute Gasteiger partial charge is 0.387 e. The van der Waals surface area contributed by atoms with E-state index in [-0.39, 0.29) is 17.7 Å². The number of rotatable bonds is 4. The Bertz CT molecular complexity index is 497. The zero-order valence-corrected chi connectivity index (χ0v) is 9.31. The van der Waals surface area contributed by atoms with E-state index < -0.39 is 24.1 Å². The van der Waals surface area contributed by atoms with Gasteiger partial charge in [-0.1, -0.05) is 0 Å². The van der Waals surface area contributed by atoms with Crippen LogP contribution in [0, 0.1) is 11.3 Å². The van der Waals surface area contributed by atoms with Crippen molar-refractivity contribution in [3.63, 3.8) is 0 Å². The van der Waals surface area contributed by atoms with Gasteiger partial charge in [0.25, 0.3) is 0 Å². The number of hydrogen-bond donors (Lipinski definition) is 1. The molecule has 18 heavy (non-hydrogen) atoms. The number of halogens is 2. The summed E-state index contributed by atoms with van der Waals surface area (Å²) in [5.41, 5.74) is -0.495. The molecule has 5 nitrogen and oxygen atoms in total. The molecule has 0 heterocycles. The average molecular weight is 257 g/mol. The molecule has 1 rings (SSSR count). The Morgan fingerprint density at radius 1 is 1.56 bits per heavy atom. The van der Waals surface area contributed by atoms with Crippen molar-refractivity contribution in [3.8, 4) is 17.6 Å². The fraction of sp³-hybridized carbons (Fsp3) is 0.273. The summed E-state index contributed by atoms with van der Waals surface area (Å²) in [5, 5.41) is 18.2. The van der Waals surface area contributed by atoms with E-state index in [0.717, 1.165) is 12.1 Å². The zero-order valence-electron chi connectivity index (χ0n) is 9.31. The molecule has 0 spiro atoms. The normalized spacial score (nSPS) is 9.94. The van der Waals surface area contributed by atoms with Crippen LogP contribution < -0.4 is 4.74 Å². The predicted octanol–water partition coefficient (Wildman–Crippen LogP) is 2.04. The fourth-order valence-corrected chi connectivity index (χ4v) is 1.24. The summed E-state index contributed by atoms with van der Waals surface area (Å²) in [5.74, 6) is -2.16. The molecular weight excluding hydrogens is 248 g/mol. The van der Waals surface area contributed by atoms with Gasteiger partial charge in [0.05, 0.1) is 17.7 Å². The highest BCUT2D eigenvalue weighted by atomic mass is 19.3. The Labute approximate surface area is 101 Å². The van der Waals surface area contributed by atoms with E-state index in [9.17, 15) is 18.7 Å². The van der Waals surface area contributed by atoms with E-state index in [1.165, 1.54) is 0 Å². The second-order valence-corrected chi connectivity index (χ2v) is 3.08. The molecule has 0 saturated carbocycles. The van der Waals surface area contributed by atoms with Gasteiger partial charge in [-0.25, -0.2) is 4.79 Å². The molecule has 96 valence electrons. The minimum absolute atomic E-state index is 0.108. The standard InChI is InChI=1S/C11H9F2NO4/c1-2-17-10(16)6-3-7(5-14)9(8(15)4-6)18-11(12)13/h3-4,11,15H,2H2,1H3. The van der Waals surface area contributed by atoms with E-state index >= 15 is 0 Å². The largest absolute Gasteiger partial charge is 0.504 e. The SMILES string of the molecule is CCOC(=O)c1cc(O)c(OC(F)F)c(C#N)c1. The first-order valence-corrected chi connectivity index (χ1v) is 4.88. The monoisotopic (exact) mass is 257 g/mol. The number of phenols is 1. The van der Waals surface area contributed by atoms with Crippen LogP contribution in [0.4, 0.5) is 8.78 Å². The van der Waals surface area contributed by atoms with Gasteiger partial charge in [-0.3, -0.25) is 0 Å². The molecule has 0 amide bonds. The van der Waals surface area contributed by atoms with Crippen LogP contribution in [0.1, 0.15) is 22.8 Å². The number of nitrogens with zero attached hydrogens (tertiary/aromatic N) is 1. The molecule has 0 aliphatic carbocycles. The Balaban J connectivity index is 3.19. The van der Waals surface area contributed by atoms with Crippen LogP contribution in [0.2, 0.25) is 0 Å². The first-order chi connectivity index (χ1) is 8.49. The lowest BCUT2D eigenvalue weighted by Gasteiger charge is -2.10. The second kappa shape index (κ2) is 5.82. The molecule has 0 atom stereocenters. The summed E-state index contributed by atoms with van der Waals surface area (Å²) in [7, 11) is 0. The third-order valence-corrected chi connectivity index (χ3v) is 1.91. The van der Waals surface area contributed by atoms with Gasteiger partial charge in [0.1, 0.15) is 6.07 Å². The molecule has 1 N–H and O–H groups in total. The number of carbonyl (C=O) groups is 1. The summed E-state index contributed by atoms with van der Waals surface area (Å²) in [6, 6.07) is 3.46. The summed E-state index contributed by atoms with van der Waals surface area (Å²) < 4.78 is 32.8. The van der Waals surface area contributed by atoms with Gasteiger partial charge >= 0.3 is 12.6 Å². The van der Waals surface area contributed by atoms with Crippen LogP contribution in [-0.2, 0) is 4.74 Å². The Morgan fingerprint density at radius 3 is 2.72 bits per heavy atom. The van der Waals surface area contributed by atoms with Crippen molar-refractivity contribution in [2.45, 2.75) is 13.5 Å². The number of alkyl halides is 2. The summed E-state index contributed by atoms with van der Waals surface area (Å²) in [6.45, 7) is -1.50. The molecule has 0 saturated heterocycles. The number of aromatic hydroxyl groups is 1. The van der Waals surface area contributed by atoms with Gasteiger partial charge in [0.15, 0.2) is 11.5 Å². The van der Waals surface area contributed by atoms with Crippen LogP contribution >= 0.6 is 0 Å². The van der Waals surface area contributed by atoms with Crippen LogP contribution in [-0.4, -0.2) is 24.3 Å². The fourth-order valence-electron chi connectivity index (χ4n) is 1.24. The lowest BCUT2D eigenvalue weighted by atomic mass is 10.1. The van der Waals surface area contributed by atoms with Crippen LogP contribution in [0.15, 0.2) is 12.1 Å². The van der Waals surface area contributed by atoms with Gasteiger partial charge < -0.3 is 14.6 Å². The van der Waals surface area contributed by atoms with E-state index in [0.29, 0.717) is 0 Å². The average Bonchev–Trinajstić information content (AvgIpc) is 2.31. The number of ether oxygens (including phenoxy) is 2. The van der Waals surface area contributed by atoms with Gasteiger partial charge in [0.2, 0.25) is 0 Å². The maximum absolute atomic E-state index is 12.1. The number of hydrogen-bond acceptors (Lipinski definition) is 5. The molecule has 0 unspecified atom stereocenters. The van der Waals surface area contributed by atoms with E-state index in [4.69, 9.17) is 5.26 Å². The molecule has 0 bridgehead atoms. The maximum Gasteiger partial charge on any atom is 0.387 e. The summed E-state index contributed by atoms with van der Waals surface area (Å²) in [6.07, 6.45) is 0. The number of carbonyl (C=O) groups excluding carboxylic acids is 1. The number of esters is 1. The molecule has 0 radical (unpaired) electrons. The van der Waals surface area contributed by atoms with Crippen LogP contribution in [0.25, 0.3) is 0 Å². The molecule has 0 fully saturated rings. The predicted molar refractivity (Wildman–Crippen MR) is 55.4 cm³/mol. The molecular formula is C11H9F2NO4. The minimum atomic E-state index is -3.18. The van der Waals surface area contributed by atoms with Crippen molar-refractivity contribution in [1.82, 2.24) is 0 Å². The van der Waals surface area contributed by atoms with Crippen molar-refractivity contribution in [3.05, 3.63) is 23.3 Å². The highest BCUT2D eigenvalue weighted by molar-refractivity contribution is 5.91. The summed E-state index contributed by atoms with van der Waals surface area (Å²) in [4.78, 5) is 11.4. The third-order valence-electron chi connectivity index (χ3n) is 1.91. The van der Waals surface area contributed by atoms with Gasteiger partial charge in [-0.05, 0) is 19.1 Å². The molecule has 1 aromatic carbocycles. The maximum atomic E-state index is 12.1. The molecule has 7 heteroatoms. The van der Waals surface area contributed by atoms with Gasteiger partial charge in [-0.2, -0.15) is 14.0 Å². The van der Waals surface area contributed by atoms with Gasteiger partial charge in [0, 0.05) is 0 Å². The number of benzene rings is 1. The van der Waals surface area contributed by atoms with Crippen molar-refractivity contribution in [2.75, 3.05) is 6.61 Å². The van der Waals surface area contributed by atoms with Crippen molar-refractivity contribution >= 4 is 5.97 Å². The van der Waals surface area contributed by atoms with E-state index in [2.05, 4.69) is 9.47 Å². The summed E-state index contributed by atoms with van der Waals surface area (Å²) >= 11 is 0. The first-order valence-electron chi connectivity index (χ1n) is 4.88. The highest BCUT2D eigenvalue weighted by Crippen LogP contribution is 2.32. The zero-order chi connectivity index (χ0) is 13.7. The Kier molecular flexibility index (Phi) is 4.43. The Morgan fingerprint density at radius 2 is 2.22 bits per heavy atom. The van der Waals surface area contributed by atoms with Gasteiger partial charge in [-0.15, -0.1) is 0 Å². The van der Waals surface area contributed by atoms with Crippen LogP contribution in [0.3, 0.4) is 0 Å². The van der Waals surface area contributed by atoms with Crippen LogP contribution in [0.5, 0.6) is 11.5 Å². The van der Waals surface area contributed by atoms with Crippen molar-refractivity contribution in [1.29, 1.82) is 5.26 Å². The first kappa shape index (κ1) is 13.7. The third kappa shape index (κ3) is 3.07. The molecule has 0 aliphatic rings. The highest BCUT2D eigenvalue weighted by Gasteiger charge is 2.19. The molecule has 0 aliphatic heterocycles. The van der Waals surface area contributed by atoms with Crippen molar-refractivity contribution in [2.24, 2.45) is 0 Å². The van der Waals surface area contributed by atoms with Crippen molar-refractivity contribution < 1.29 is 28.2 Å². The van der Waals surface area contributed by atoms with E-state index in [1.54, 1.807) is 13.0 Å². The number of phenolic OH excluding ortho intramolecular Hbond substituents is 1. The second-order valence-electron chi connectivity index (χ2n) is 3.08. The quantitative estimate of drug-likeness (QED) is 0.835. The minimum Gasteiger partial charge on any atom is -0.504 e.